The maximum Gasteiger partial charge on any atom is 0.303 e. The summed E-state index contributed by atoms with van der Waals surface area (Å²) >= 11 is 0. The lowest BCUT2D eigenvalue weighted by molar-refractivity contribution is -0.137. The Hall–Kier alpha value is -0.670. The molecule has 0 spiro atoms. The molecule has 1 fully saturated rings. The first-order valence-electron chi connectivity index (χ1n) is 6.53. The van der Waals surface area contributed by atoms with E-state index in [-0.39, 0.29) is 43.2 Å². The first-order valence-corrected chi connectivity index (χ1v) is 9.90. The van der Waals surface area contributed by atoms with Gasteiger partial charge in [-0.15, -0.1) is 0 Å². The molecule has 0 radical (unpaired) electrons. The van der Waals surface area contributed by atoms with Crippen molar-refractivity contribution in [2.45, 2.75) is 37.9 Å². The molecule has 0 bridgehead atoms. The number of rotatable bonds is 7. The van der Waals surface area contributed by atoms with Crippen LogP contribution in [0, 0.1) is 5.92 Å². The standard InChI is InChI=1S/C11H21NO6S2/c1-9(2-3-11(13)14)8-12-20(17,18)10-4-6-19(15,16)7-5-10/h9-10,12H,2-8H2,1H3,(H,13,14). The summed E-state index contributed by atoms with van der Waals surface area (Å²) in [6.07, 6.45) is 0.657. The summed E-state index contributed by atoms with van der Waals surface area (Å²) in [6.45, 7) is 1.95. The highest BCUT2D eigenvalue weighted by atomic mass is 32.2. The van der Waals surface area contributed by atoms with Crippen molar-refractivity contribution in [1.82, 2.24) is 4.72 Å². The lowest BCUT2D eigenvalue weighted by Gasteiger charge is -2.23. The SMILES string of the molecule is CC(CCC(=O)O)CNS(=O)(=O)C1CCS(=O)(=O)CC1. The summed E-state index contributed by atoms with van der Waals surface area (Å²) in [5, 5.41) is 7.88. The minimum absolute atomic E-state index is 0.00453. The van der Waals surface area contributed by atoms with Crippen molar-refractivity contribution in [1.29, 1.82) is 0 Å². The second-order valence-electron chi connectivity index (χ2n) is 5.28. The minimum atomic E-state index is -3.53. The maximum absolute atomic E-state index is 12.0. The van der Waals surface area contributed by atoms with E-state index in [1.54, 1.807) is 6.92 Å². The lowest BCUT2D eigenvalue weighted by Crippen LogP contribution is -2.41. The molecule has 1 heterocycles. The first kappa shape index (κ1) is 17.4. The van der Waals surface area contributed by atoms with Crippen LogP contribution in [0.5, 0.6) is 0 Å². The molecule has 7 nitrogen and oxygen atoms in total. The molecule has 1 atom stereocenters. The Morgan fingerprint density at radius 1 is 1.35 bits per heavy atom. The van der Waals surface area contributed by atoms with Gasteiger partial charge in [-0.2, -0.15) is 0 Å². The third kappa shape index (κ3) is 5.76. The zero-order valence-corrected chi connectivity index (χ0v) is 13.0. The predicted octanol–water partition coefficient (Wildman–Crippen LogP) is -0.0161. The molecule has 2 N–H and O–H groups in total. The fraction of sp³-hybridized carbons (Fsp3) is 0.909. The summed E-state index contributed by atoms with van der Waals surface area (Å²) in [5.74, 6) is -1.16. The van der Waals surface area contributed by atoms with E-state index in [4.69, 9.17) is 5.11 Å². The minimum Gasteiger partial charge on any atom is -0.481 e. The molecule has 9 heteroatoms. The van der Waals surface area contributed by atoms with Gasteiger partial charge in [0.05, 0.1) is 16.8 Å². The van der Waals surface area contributed by atoms with E-state index in [9.17, 15) is 21.6 Å². The van der Waals surface area contributed by atoms with E-state index in [1.807, 2.05) is 0 Å². The highest BCUT2D eigenvalue weighted by Gasteiger charge is 2.32. The maximum atomic E-state index is 12.0. The number of carbonyl (C=O) groups is 1. The number of nitrogens with one attached hydrogen (secondary N) is 1. The summed E-state index contributed by atoms with van der Waals surface area (Å²) in [4.78, 5) is 10.4. The molecule has 20 heavy (non-hydrogen) atoms. The summed E-state index contributed by atoms with van der Waals surface area (Å²) < 4.78 is 49.0. The molecule has 0 aromatic heterocycles. The van der Waals surface area contributed by atoms with Crippen LogP contribution in [-0.2, 0) is 24.7 Å². The van der Waals surface area contributed by atoms with Crippen LogP contribution in [0.4, 0.5) is 0 Å². The second kappa shape index (κ2) is 6.86. The predicted molar refractivity (Wildman–Crippen MR) is 74.6 cm³/mol. The van der Waals surface area contributed by atoms with E-state index < -0.39 is 31.1 Å². The summed E-state index contributed by atoms with van der Waals surface area (Å²) in [7, 11) is -6.61. The highest BCUT2D eigenvalue weighted by molar-refractivity contribution is 7.92. The quantitative estimate of drug-likeness (QED) is 0.679. The normalized spacial score (nSPS) is 21.4. The number of hydrogen-bond acceptors (Lipinski definition) is 5. The van der Waals surface area contributed by atoms with Gasteiger partial charge < -0.3 is 5.11 Å². The highest BCUT2D eigenvalue weighted by Crippen LogP contribution is 2.19. The lowest BCUT2D eigenvalue weighted by atomic mass is 10.1. The van der Waals surface area contributed by atoms with Gasteiger partial charge in [-0.05, 0) is 25.2 Å². The van der Waals surface area contributed by atoms with Crippen LogP contribution in [0.2, 0.25) is 0 Å². The van der Waals surface area contributed by atoms with Crippen molar-refractivity contribution in [2.75, 3.05) is 18.1 Å². The van der Waals surface area contributed by atoms with Crippen LogP contribution in [0.3, 0.4) is 0 Å². The smallest absolute Gasteiger partial charge is 0.303 e. The molecule has 1 saturated heterocycles. The van der Waals surface area contributed by atoms with Crippen molar-refractivity contribution in [3.63, 3.8) is 0 Å². The van der Waals surface area contributed by atoms with Crippen LogP contribution >= 0.6 is 0 Å². The third-order valence-corrected chi connectivity index (χ3v) is 7.06. The van der Waals surface area contributed by atoms with Gasteiger partial charge in [-0.1, -0.05) is 6.92 Å². The molecule has 1 rings (SSSR count). The van der Waals surface area contributed by atoms with Crippen LogP contribution in [-0.4, -0.2) is 51.2 Å². The molecule has 118 valence electrons. The zero-order chi connectivity index (χ0) is 15.4. The van der Waals surface area contributed by atoms with Gasteiger partial charge in [0, 0.05) is 13.0 Å². The van der Waals surface area contributed by atoms with E-state index >= 15 is 0 Å². The number of aliphatic carboxylic acids is 1. The summed E-state index contributed by atoms with van der Waals surface area (Å²) in [6, 6.07) is 0. The van der Waals surface area contributed by atoms with E-state index in [1.165, 1.54) is 0 Å². The molecule has 0 aromatic carbocycles. The number of hydrogen-bond donors (Lipinski definition) is 2. The van der Waals surface area contributed by atoms with Crippen LogP contribution < -0.4 is 4.72 Å². The van der Waals surface area contributed by atoms with Gasteiger partial charge in [-0.25, -0.2) is 21.6 Å². The Bertz CT molecular complexity index is 525. The van der Waals surface area contributed by atoms with E-state index in [2.05, 4.69) is 4.72 Å². The third-order valence-electron chi connectivity index (χ3n) is 3.42. The second-order valence-corrected chi connectivity index (χ2v) is 9.63. The topological polar surface area (TPSA) is 118 Å². The molecule has 0 aromatic rings. The van der Waals surface area contributed by atoms with Crippen molar-refractivity contribution in [3.8, 4) is 0 Å². The average Bonchev–Trinajstić information content (AvgIpc) is 2.33. The van der Waals surface area contributed by atoms with Crippen molar-refractivity contribution >= 4 is 25.8 Å². The summed E-state index contributed by atoms with van der Waals surface area (Å²) in [5.41, 5.74) is 0. The van der Waals surface area contributed by atoms with Crippen molar-refractivity contribution in [3.05, 3.63) is 0 Å². The largest absolute Gasteiger partial charge is 0.481 e. The van der Waals surface area contributed by atoms with Crippen molar-refractivity contribution in [2.24, 2.45) is 5.92 Å². The first-order chi connectivity index (χ1) is 9.12. The number of carboxylic acid groups (broad SMARTS) is 1. The van der Waals surface area contributed by atoms with Gasteiger partial charge in [0.15, 0.2) is 0 Å². The van der Waals surface area contributed by atoms with Crippen LogP contribution in [0.25, 0.3) is 0 Å². The molecular weight excluding hydrogens is 306 g/mol. The van der Waals surface area contributed by atoms with Crippen LogP contribution in [0.15, 0.2) is 0 Å². The number of sulfone groups is 1. The number of carboxylic acids is 1. The van der Waals surface area contributed by atoms with E-state index in [0.29, 0.717) is 6.42 Å². The van der Waals surface area contributed by atoms with Gasteiger partial charge in [0.1, 0.15) is 9.84 Å². The molecule has 0 aliphatic carbocycles. The van der Waals surface area contributed by atoms with Gasteiger partial charge in [-0.3, -0.25) is 4.79 Å². The zero-order valence-electron chi connectivity index (χ0n) is 11.4. The average molecular weight is 327 g/mol. The van der Waals surface area contributed by atoms with Gasteiger partial charge in [0.25, 0.3) is 0 Å². The Morgan fingerprint density at radius 2 is 1.90 bits per heavy atom. The Morgan fingerprint density at radius 3 is 2.40 bits per heavy atom. The monoisotopic (exact) mass is 327 g/mol. The molecule has 1 aliphatic heterocycles. The molecular formula is C11H21NO6S2. The number of sulfonamides is 1. The Labute approximate surface area is 119 Å². The Balaban J connectivity index is 2.44. The molecule has 1 unspecified atom stereocenters. The fourth-order valence-corrected chi connectivity index (χ4v) is 5.43. The molecule has 0 amide bonds. The molecule has 1 aliphatic rings. The van der Waals surface area contributed by atoms with Gasteiger partial charge in [0.2, 0.25) is 10.0 Å². The van der Waals surface area contributed by atoms with E-state index in [0.717, 1.165) is 0 Å². The fourth-order valence-electron chi connectivity index (χ4n) is 2.03. The van der Waals surface area contributed by atoms with Crippen LogP contribution in [0.1, 0.15) is 32.6 Å². The molecule has 0 saturated carbocycles. The Kier molecular flexibility index (Phi) is 5.96. The van der Waals surface area contributed by atoms with Crippen molar-refractivity contribution < 1.29 is 26.7 Å². The van der Waals surface area contributed by atoms with Gasteiger partial charge >= 0.3 is 5.97 Å².